The summed E-state index contributed by atoms with van der Waals surface area (Å²) in [6, 6.07) is 12.0. The minimum absolute atomic E-state index is 0.191. The second-order valence-corrected chi connectivity index (χ2v) is 5.22. The summed E-state index contributed by atoms with van der Waals surface area (Å²) in [5.74, 6) is -0.752. The largest absolute Gasteiger partial charge is 0.426 e. The van der Waals surface area contributed by atoms with Crippen LogP contribution in [0.4, 0.5) is 4.39 Å². The summed E-state index contributed by atoms with van der Waals surface area (Å²) in [7, 11) is 0. The third-order valence-electron chi connectivity index (χ3n) is 2.74. The number of rotatable bonds is 2. The molecule has 0 aliphatic heterocycles. The Labute approximate surface area is 118 Å². The number of ether oxygens (including phenoxy) is 1. The number of carbonyl (C=O) groups is 1. The van der Waals surface area contributed by atoms with Crippen LogP contribution in [0.1, 0.15) is 6.92 Å². The highest BCUT2D eigenvalue weighted by molar-refractivity contribution is 7.21. The molecule has 3 rings (SSSR count). The Morgan fingerprint density at radius 3 is 2.75 bits per heavy atom. The zero-order chi connectivity index (χ0) is 14.1. The highest BCUT2D eigenvalue weighted by atomic mass is 32.1. The van der Waals surface area contributed by atoms with Gasteiger partial charge in [-0.2, -0.15) is 0 Å². The van der Waals surface area contributed by atoms with E-state index in [1.54, 1.807) is 6.07 Å². The molecule has 0 fully saturated rings. The Kier molecular flexibility index (Phi) is 3.20. The molecule has 0 unspecified atom stereocenters. The van der Waals surface area contributed by atoms with Gasteiger partial charge in [0.2, 0.25) is 0 Å². The van der Waals surface area contributed by atoms with Gasteiger partial charge in [-0.3, -0.25) is 4.79 Å². The molecule has 3 aromatic rings. The molecule has 0 aliphatic rings. The van der Waals surface area contributed by atoms with Crippen LogP contribution in [0.3, 0.4) is 0 Å². The van der Waals surface area contributed by atoms with Gasteiger partial charge in [-0.1, -0.05) is 18.2 Å². The lowest BCUT2D eigenvalue weighted by atomic mass is 10.2. The van der Waals surface area contributed by atoms with Gasteiger partial charge >= 0.3 is 5.97 Å². The molecular formula is C15H10FNO2S. The van der Waals surface area contributed by atoms with E-state index in [0.29, 0.717) is 5.01 Å². The lowest BCUT2D eigenvalue weighted by molar-refractivity contribution is -0.131. The molecule has 0 spiro atoms. The van der Waals surface area contributed by atoms with Crippen molar-refractivity contribution in [1.82, 2.24) is 4.98 Å². The maximum atomic E-state index is 14.1. The van der Waals surface area contributed by atoms with Crippen LogP contribution in [-0.4, -0.2) is 11.0 Å². The molecular weight excluding hydrogens is 277 g/mol. The average molecular weight is 287 g/mol. The maximum Gasteiger partial charge on any atom is 0.308 e. The van der Waals surface area contributed by atoms with Crippen LogP contribution in [0.2, 0.25) is 0 Å². The fourth-order valence-corrected chi connectivity index (χ4v) is 2.95. The predicted molar refractivity (Wildman–Crippen MR) is 76.3 cm³/mol. The average Bonchev–Trinajstić information content (AvgIpc) is 2.81. The van der Waals surface area contributed by atoms with Gasteiger partial charge in [0.25, 0.3) is 0 Å². The van der Waals surface area contributed by atoms with E-state index in [-0.39, 0.29) is 11.3 Å². The quantitative estimate of drug-likeness (QED) is 0.527. The molecule has 1 aromatic heterocycles. The van der Waals surface area contributed by atoms with Crippen molar-refractivity contribution in [2.45, 2.75) is 6.92 Å². The molecule has 5 heteroatoms. The molecule has 3 nitrogen and oxygen atoms in total. The van der Waals surface area contributed by atoms with Crippen molar-refractivity contribution in [3.63, 3.8) is 0 Å². The number of hydrogen-bond acceptors (Lipinski definition) is 4. The molecule has 0 radical (unpaired) electrons. The van der Waals surface area contributed by atoms with Gasteiger partial charge in [-0.05, 0) is 24.3 Å². The van der Waals surface area contributed by atoms with Gasteiger partial charge in [0.05, 0.1) is 15.8 Å². The van der Waals surface area contributed by atoms with E-state index < -0.39 is 11.8 Å². The highest BCUT2D eigenvalue weighted by Gasteiger charge is 2.17. The summed E-state index contributed by atoms with van der Waals surface area (Å²) in [5, 5.41) is 0.501. The minimum atomic E-state index is -0.488. The van der Waals surface area contributed by atoms with Crippen LogP contribution >= 0.6 is 11.3 Å². The van der Waals surface area contributed by atoms with Crippen molar-refractivity contribution in [2.24, 2.45) is 0 Å². The SMILES string of the molecule is CC(=O)Oc1cccc(F)c1-c1nc2ccccc2s1. The Balaban J connectivity index is 2.19. The number of fused-ring (bicyclic) bond motifs is 1. The van der Waals surface area contributed by atoms with E-state index in [0.717, 1.165) is 10.2 Å². The first-order valence-electron chi connectivity index (χ1n) is 5.98. The Morgan fingerprint density at radius 1 is 1.20 bits per heavy atom. The van der Waals surface area contributed by atoms with Gasteiger partial charge in [-0.25, -0.2) is 9.37 Å². The highest BCUT2D eigenvalue weighted by Crippen LogP contribution is 2.37. The number of hydrogen-bond donors (Lipinski definition) is 0. The van der Waals surface area contributed by atoms with E-state index >= 15 is 0 Å². The van der Waals surface area contributed by atoms with Gasteiger partial charge in [-0.15, -0.1) is 11.3 Å². The molecule has 0 bridgehead atoms. The van der Waals surface area contributed by atoms with Crippen LogP contribution < -0.4 is 4.74 Å². The normalized spacial score (nSPS) is 10.7. The van der Waals surface area contributed by atoms with E-state index in [2.05, 4.69) is 4.98 Å². The van der Waals surface area contributed by atoms with Crippen LogP contribution in [0.25, 0.3) is 20.8 Å². The van der Waals surface area contributed by atoms with Crippen molar-refractivity contribution in [2.75, 3.05) is 0 Å². The van der Waals surface area contributed by atoms with E-state index in [1.165, 1.54) is 30.4 Å². The monoisotopic (exact) mass is 287 g/mol. The molecule has 1 heterocycles. The number of carbonyl (C=O) groups excluding carboxylic acids is 1. The van der Waals surface area contributed by atoms with Crippen molar-refractivity contribution in [1.29, 1.82) is 0 Å². The van der Waals surface area contributed by atoms with E-state index in [1.807, 2.05) is 24.3 Å². The van der Waals surface area contributed by atoms with Gasteiger partial charge < -0.3 is 4.74 Å². The van der Waals surface area contributed by atoms with Crippen LogP contribution in [0.5, 0.6) is 5.75 Å². The second-order valence-electron chi connectivity index (χ2n) is 4.19. The Hall–Kier alpha value is -2.27. The standard InChI is InChI=1S/C15H10FNO2S/c1-9(18)19-12-7-4-5-10(16)14(12)15-17-11-6-2-3-8-13(11)20-15/h2-8H,1H3. The molecule has 20 heavy (non-hydrogen) atoms. The molecule has 0 saturated carbocycles. The van der Waals surface area contributed by atoms with Crippen molar-refractivity contribution < 1.29 is 13.9 Å². The first kappa shape index (κ1) is 12.7. The van der Waals surface area contributed by atoms with Crippen LogP contribution in [-0.2, 0) is 4.79 Å². The summed E-state index contributed by atoms with van der Waals surface area (Å²) in [5.41, 5.74) is 1.02. The molecule has 0 saturated heterocycles. The number of thiazole rings is 1. The molecule has 100 valence electrons. The second kappa shape index (κ2) is 5.02. The fourth-order valence-electron chi connectivity index (χ4n) is 1.93. The van der Waals surface area contributed by atoms with Gasteiger partial charge in [0.1, 0.15) is 16.6 Å². The molecule has 0 aliphatic carbocycles. The number of esters is 1. The fraction of sp³-hybridized carbons (Fsp3) is 0.0667. The smallest absolute Gasteiger partial charge is 0.308 e. The Bertz CT molecular complexity index is 764. The first-order valence-corrected chi connectivity index (χ1v) is 6.79. The van der Waals surface area contributed by atoms with Crippen LogP contribution in [0.15, 0.2) is 42.5 Å². The van der Waals surface area contributed by atoms with Crippen molar-refractivity contribution in [3.05, 3.63) is 48.3 Å². The summed E-state index contributed by atoms with van der Waals surface area (Å²) in [4.78, 5) is 15.5. The number of aromatic nitrogens is 1. The summed E-state index contributed by atoms with van der Waals surface area (Å²) in [6.45, 7) is 1.28. The Morgan fingerprint density at radius 2 is 2.00 bits per heavy atom. The zero-order valence-electron chi connectivity index (χ0n) is 10.6. The van der Waals surface area contributed by atoms with Gasteiger partial charge in [0, 0.05) is 6.92 Å². The summed E-state index contributed by atoms with van der Waals surface area (Å²) < 4.78 is 20.1. The molecule has 2 aromatic carbocycles. The minimum Gasteiger partial charge on any atom is -0.426 e. The first-order chi connectivity index (χ1) is 9.65. The summed E-state index contributed by atoms with van der Waals surface area (Å²) in [6.07, 6.45) is 0. The van der Waals surface area contributed by atoms with E-state index in [9.17, 15) is 9.18 Å². The van der Waals surface area contributed by atoms with Crippen molar-refractivity contribution in [3.8, 4) is 16.3 Å². The third kappa shape index (κ3) is 2.28. The van der Waals surface area contributed by atoms with Crippen LogP contribution in [0, 0.1) is 5.82 Å². The number of nitrogens with zero attached hydrogens (tertiary/aromatic N) is 1. The topological polar surface area (TPSA) is 39.2 Å². The molecule has 0 atom stereocenters. The predicted octanol–water partition coefficient (Wildman–Crippen LogP) is 4.03. The lowest BCUT2D eigenvalue weighted by Gasteiger charge is -2.07. The number of para-hydroxylation sites is 1. The number of halogens is 1. The maximum absolute atomic E-state index is 14.1. The molecule has 0 N–H and O–H groups in total. The number of benzene rings is 2. The zero-order valence-corrected chi connectivity index (χ0v) is 11.4. The third-order valence-corrected chi connectivity index (χ3v) is 3.79. The van der Waals surface area contributed by atoms with E-state index in [4.69, 9.17) is 4.74 Å². The molecule has 0 amide bonds. The van der Waals surface area contributed by atoms with Gasteiger partial charge in [0.15, 0.2) is 0 Å². The summed E-state index contributed by atoms with van der Waals surface area (Å²) >= 11 is 1.36. The van der Waals surface area contributed by atoms with Crippen molar-refractivity contribution >= 4 is 27.5 Å². The lowest BCUT2D eigenvalue weighted by Crippen LogP contribution is -2.03.